The highest BCUT2D eigenvalue weighted by atomic mass is 16.6. The summed E-state index contributed by atoms with van der Waals surface area (Å²) in [7, 11) is 0. The van der Waals surface area contributed by atoms with Gasteiger partial charge in [0.2, 0.25) is 0 Å². The molecular weight excluding hydrogens is 769 g/mol. The van der Waals surface area contributed by atoms with Crippen molar-refractivity contribution < 1.29 is 28.6 Å². The third-order valence-corrected chi connectivity index (χ3v) is 11.2. The Labute approximate surface area is 383 Å². The number of ether oxygens (including phenoxy) is 3. The van der Waals surface area contributed by atoms with E-state index < -0.39 is 6.10 Å². The second-order valence-corrected chi connectivity index (χ2v) is 17.5. The zero-order valence-electron chi connectivity index (χ0n) is 40.9. The molecule has 0 spiro atoms. The molecule has 6 nitrogen and oxygen atoms in total. The maximum Gasteiger partial charge on any atom is 0.306 e. The van der Waals surface area contributed by atoms with Crippen LogP contribution in [0.2, 0.25) is 0 Å². The third-order valence-electron chi connectivity index (χ3n) is 11.2. The van der Waals surface area contributed by atoms with Crippen LogP contribution in [-0.2, 0) is 28.6 Å². The van der Waals surface area contributed by atoms with Crippen molar-refractivity contribution in [1.29, 1.82) is 0 Å². The highest BCUT2D eigenvalue weighted by Crippen LogP contribution is 2.14. The van der Waals surface area contributed by atoms with Crippen molar-refractivity contribution >= 4 is 17.9 Å². The van der Waals surface area contributed by atoms with Crippen LogP contribution in [-0.4, -0.2) is 37.2 Å². The highest BCUT2D eigenvalue weighted by Gasteiger charge is 2.19. The molecule has 0 aliphatic heterocycles. The summed E-state index contributed by atoms with van der Waals surface area (Å²) in [4.78, 5) is 37.9. The van der Waals surface area contributed by atoms with Crippen LogP contribution in [0.3, 0.4) is 0 Å². The van der Waals surface area contributed by atoms with Crippen LogP contribution in [0.1, 0.15) is 258 Å². The number of unbranched alkanes of at least 4 members (excludes halogenated alkanes) is 27. The maximum atomic E-state index is 12.8. The van der Waals surface area contributed by atoms with Crippen LogP contribution in [0.25, 0.3) is 0 Å². The second-order valence-electron chi connectivity index (χ2n) is 17.5. The van der Waals surface area contributed by atoms with Gasteiger partial charge in [0.1, 0.15) is 13.2 Å². The molecule has 1 atom stereocenters. The summed E-state index contributed by atoms with van der Waals surface area (Å²) in [5.41, 5.74) is 0. The Morgan fingerprint density at radius 3 is 1.10 bits per heavy atom. The largest absolute Gasteiger partial charge is 0.462 e. The summed E-state index contributed by atoms with van der Waals surface area (Å²) in [6, 6.07) is 0. The van der Waals surface area contributed by atoms with Crippen molar-refractivity contribution in [1.82, 2.24) is 0 Å². The molecule has 0 radical (unpaired) electrons. The van der Waals surface area contributed by atoms with Gasteiger partial charge >= 0.3 is 17.9 Å². The summed E-state index contributed by atoms with van der Waals surface area (Å²) < 4.78 is 16.8. The van der Waals surface area contributed by atoms with Crippen molar-refractivity contribution in [2.75, 3.05) is 13.2 Å². The minimum Gasteiger partial charge on any atom is -0.462 e. The van der Waals surface area contributed by atoms with Gasteiger partial charge in [-0.15, -0.1) is 0 Å². The first-order valence-corrected chi connectivity index (χ1v) is 26.3. The van der Waals surface area contributed by atoms with Crippen LogP contribution in [0.5, 0.6) is 0 Å². The van der Waals surface area contributed by atoms with Gasteiger partial charge in [-0.05, 0) is 96.3 Å². The molecule has 0 aliphatic rings. The van der Waals surface area contributed by atoms with Gasteiger partial charge in [0.25, 0.3) is 0 Å². The molecule has 0 saturated heterocycles. The Morgan fingerprint density at radius 1 is 0.339 bits per heavy atom. The number of esters is 3. The number of allylic oxidation sites excluding steroid dienone is 10. The van der Waals surface area contributed by atoms with Crippen molar-refractivity contribution in [2.24, 2.45) is 0 Å². The van der Waals surface area contributed by atoms with Crippen LogP contribution in [0.4, 0.5) is 0 Å². The van der Waals surface area contributed by atoms with E-state index in [0.717, 1.165) is 89.9 Å². The Bertz CT molecular complexity index is 1130. The van der Waals surface area contributed by atoms with E-state index in [1.807, 2.05) is 0 Å². The van der Waals surface area contributed by atoms with Crippen molar-refractivity contribution in [3.63, 3.8) is 0 Å². The third kappa shape index (κ3) is 48.1. The number of hydrogen-bond donors (Lipinski definition) is 0. The molecule has 6 heteroatoms. The van der Waals surface area contributed by atoms with Crippen LogP contribution in [0.15, 0.2) is 60.8 Å². The Balaban J connectivity index is 4.42. The molecule has 0 N–H and O–H groups in total. The summed E-state index contributed by atoms with van der Waals surface area (Å²) in [5.74, 6) is -0.932. The molecule has 0 aromatic heterocycles. The van der Waals surface area contributed by atoms with Gasteiger partial charge in [-0.2, -0.15) is 0 Å². The zero-order chi connectivity index (χ0) is 45.1. The van der Waals surface area contributed by atoms with Crippen LogP contribution in [0, 0.1) is 0 Å². The minimum absolute atomic E-state index is 0.0916. The van der Waals surface area contributed by atoms with Gasteiger partial charge in [0.15, 0.2) is 6.10 Å². The van der Waals surface area contributed by atoms with Crippen molar-refractivity contribution in [2.45, 2.75) is 264 Å². The smallest absolute Gasteiger partial charge is 0.306 e. The summed E-state index contributed by atoms with van der Waals surface area (Å²) >= 11 is 0. The predicted molar refractivity (Wildman–Crippen MR) is 265 cm³/mol. The fraction of sp³-hybridized carbons (Fsp3) is 0.768. The predicted octanol–water partition coefficient (Wildman–Crippen LogP) is 17.3. The molecular formula is C56H98O6. The van der Waals surface area contributed by atoms with Crippen molar-refractivity contribution in [3.8, 4) is 0 Å². The quantitative estimate of drug-likeness (QED) is 0.0199. The average molecular weight is 867 g/mol. The Hall–Kier alpha value is -2.89. The molecule has 0 rings (SSSR count). The standard InChI is InChI=1S/C56H98O6/c1-4-7-10-13-16-19-22-24-26-28-30-31-34-37-40-43-46-49-55(58)61-52-53(51-60-54(57)48-45-42-39-36-33-21-18-15-12-9-6-3)62-56(59)50-47-44-41-38-35-32-29-27-25-23-20-17-14-11-8-5-2/h15-16,18-19,24,26-27,29,32,35,53H,4-14,17,20-23,25,28,30-31,33-34,36-52H2,1-3H3/b18-15-,19-16-,26-24-,29-27-,35-32-. The van der Waals surface area contributed by atoms with E-state index in [0.29, 0.717) is 19.3 Å². The van der Waals surface area contributed by atoms with Gasteiger partial charge in [0.05, 0.1) is 0 Å². The van der Waals surface area contributed by atoms with E-state index in [4.69, 9.17) is 14.2 Å². The van der Waals surface area contributed by atoms with Crippen molar-refractivity contribution in [3.05, 3.63) is 60.8 Å². The summed E-state index contributed by atoms with van der Waals surface area (Å²) in [6.07, 6.45) is 62.0. The minimum atomic E-state index is -0.793. The molecule has 0 aliphatic carbocycles. The van der Waals surface area contributed by atoms with Gasteiger partial charge in [-0.25, -0.2) is 0 Å². The fourth-order valence-corrected chi connectivity index (χ4v) is 7.21. The molecule has 62 heavy (non-hydrogen) atoms. The van der Waals surface area contributed by atoms with Crippen LogP contribution < -0.4 is 0 Å². The van der Waals surface area contributed by atoms with E-state index in [9.17, 15) is 14.4 Å². The highest BCUT2D eigenvalue weighted by molar-refractivity contribution is 5.71. The normalized spacial score (nSPS) is 12.5. The molecule has 0 aromatic carbocycles. The molecule has 0 saturated carbocycles. The first-order chi connectivity index (χ1) is 30.5. The lowest BCUT2D eigenvalue weighted by Crippen LogP contribution is -2.30. The number of carbonyl (C=O) groups is 3. The Kier molecular flexibility index (Phi) is 48.4. The Morgan fingerprint density at radius 2 is 0.645 bits per heavy atom. The molecule has 1 unspecified atom stereocenters. The van der Waals surface area contributed by atoms with E-state index in [2.05, 4.69) is 81.5 Å². The SMILES string of the molecule is CCCC/C=C\CCCCCCCC(=O)OCC(COC(=O)CCCCCCCCC/C=C\C/C=C\CCCCC)OC(=O)CCCCC/C=C\C=C/CCCCCCCCC. The molecule has 0 aromatic rings. The zero-order valence-corrected chi connectivity index (χ0v) is 40.9. The topological polar surface area (TPSA) is 78.9 Å². The van der Waals surface area contributed by atoms with Crippen LogP contribution >= 0.6 is 0 Å². The van der Waals surface area contributed by atoms with E-state index in [1.54, 1.807) is 0 Å². The van der Waals surface area contributed by atoms with E-state index in [-0.39, 0.29) is 31.1 Å². The van der Waals surface area contributed by atoms with E-state index >= 15 is 0 Å². The number of carbonyl (C=O) groups excluding carboxylic acids is 3. The second kappa shape index (κ2) is 50.8. The van der Waals surface area contributed by atoms with Gasteiger partial charge < -0.3 is 14.2 Å². The lowest BCUT2D eigenvalue weighted by atomic mass is 10.1. The lowest BCUT2D eigenvalue weighted by molar-refractivity contribution is -0.167. The first-order valence-electron chi connectivity index (χ1n) is 26.3. The number of hydrogen-bond acceptors (Lipinski definition) is 6. The van der Waals surface area contributed by atoms with E-state index in [1.165, 1.54) is 128 Å². The summed E-state index contributed by atoms with van der Waals surface area (Å²) in [5, 5.41) is 0. The maximum absolute atomic E-state index is 12.8. The molecule has 0 amide bonds. The summed E-state index contributed by atoms with van der Waals surface area (Å²) in [6.45, 7) is 6.54. The van der Waals surface area contributed by atoms with Gasteiger partial charge in [-0.1, -0.05) is 204 Å². The average Bonchev–Trinajstić information content (AvgIpc) is 3.27. The fourth-order valence-electron chi connectivity index (χ4n) is 7.21. The monoisotopic (exact) mass is 867 g/mol. The van der Waals surface area contributed by atoms with Gasteiger partial charge in [-0.3, -0.25) is 14.4 Å². The molecule has 0 bridgehead atoms. The number of rotatable bonds is 47. The molecule has 0 fully saturated rings. The van der Waals surface area contributed by atoms with Gasteiger partial charge in [0, 0.05) is 19.3 Å². The lowest BCUT2D eigenvalue weighted by Gasteiger charge is -2.18. The first kappa shape index (κ1) is 59.1. The molecule has 0 heterocycles. The molecule has 358 valence electrons.